The number of benzene rings is 3. The van der Waals surface area contributed by atoms with Crippen molar-refractivity contribution in [1.29, 1.82) is 0 Å². The van der Waals surface area contributed by atoms with Crippen molar-refractivity contribution >= 4 is 34.3 Å². The smallest absolute Gasteiger partial charge is 0.261 e. The average Bonchev–Trinajstić information content (AvgIpc) is 3.00. The van der Waals surface area contributed by atoms with Gasteiger partial charge in [0.25, 0.3) is 11.8 Å². The Bertz CT molecular complexity index is 995. The Morgan fingerprint density at radius 1 is 0.655 bits per heavy atom. The molecule has 1 heterocycles. The van der Waals surface area contributed by atoms with Crippen LogP contribution in [0.1, 0.15) is 52.8 Å². The zero-order valence-electron chi connectivity index (χ0n) is 16.5. The molecule has 0 aromatic heterocycles. The van der Waals surface area contributed by atoms with Gasteiger partial charge in [-0.15, -0.1) is 11.8 Å². The number of nitrogens with zero attached hydrogens (tertiary/aromatic N) is 1. The van der Waals surface area contributed by atoms with Crippen LogP contribution in [0.3, 0.4) is 0 Å². The molecule has 3 aromatic carbocycles. The van der Waals surface area contributed by atoms with Crippen LogP contribution >= 0.6 is 11.8 Å². The maximum absolute atomic E-state index is 12.3. The van der Waals surface area contributed by atoms with Crippen LogP contribution in [0, 0.1) is 0 Å². The number of carbonyl (C=O) groups is 2. The first-order chi connectivity index (χ1) is 14.2. The largest absolute Gasteiger partial charge is 0.274 e. The molecule has 2 amide bonds. The molecule has 3 nitrogen and oxygen atoms in total. The van der Waals surface area contributed by atoms with Crippen molar-refractivity contribution in [2.24, 2.45) is 0 Å². The molecule has 0 radical (unpaired) electrons. The summed E-state index contributed by atoms with van der Waals surface area (Å²) in [7, 11) is 0. The number of hydrogen-bond donors (Lipinski definition) is 0. The summed E-state index contributed by atoms with van der Waals surface area (Å²) in [5.74, 6) is 0.839. The molecular formula is C25H25NO2S. The number of rotatable bonds is 9. The van der Waals surface area contributed by atoms with Gasteiger partial charge < -0.3 is 0 Å². The molecule has 0 saturated heterocycles. The maximum atomic E-state index is 12.3. The lowest BCUT2D eigenvalue weighted by Gasteiger charge is -2.13. The minimum absolute atomic E-state index is 0.141. The van der Waals surface area contributed by atoms with E-state index in [1.807, 2.05) is 23.9 Å². The van der Waals surface area contributed by atoms with Crippen LogP contribution in [0.25, 0.3) is 10.8 Å². The topological polar surface area (TPSA) is 37.4 Å². The number of fused-ring (bicyclic) bond motifs is 2. The van der Waals surface area contributed by atoms with Gasteiger partial charge in [-0.1, -0.05) is 61.7 Å². The van der Waals surface area contributed by atoms with E-state index in [0.29, 0.717) is 17.7 Å². The van der Waals surface area contributed by atoms with Crippen LogP contribution in [-0.2, 0) is 0 Å². The van der Waals surface area contributed by atoms with E-state index in [2.05, 4.69) is 42.5 Å². The van der Waals surface area contributed by atoms with Gasteiger partial charge in [-0.3, -0.25) is 14.5 Å². The Kier molecular flexibility index (Phi) is 6.30. The first-order valence-electron chi connectivity index (χ1n) is 10.3. The lowest BCUT2D eigenvalue weighted by atomic mass is 10.1. The van der Waals surface area contributed by atoms with Crippen LogP contribution in [0.5, 0.6) is 0 Å². The molecule has 0 unspecified atom stereocenters. The third kappa shape index (κ3) is 4.54. The van der Waals surface area contributed by atoms with E-state index >= 15 is 0 Å². The van der Waals surface area contributed by atoms with Gasteiger partial charge in [0.05, 0.1) is 11.1 Å². The molecule has 0 bridgehead atoms. The van der Waals surface area contributed by atoms with Gasteiger partial charge in [-0.05, 0) is 53.6 Å². The van der Waals surface area contributed by atoms with Crippen LogP contribution in [-0.4, -0.2) is 29.0 Å². The summed E-state index contributed by atoms with van der Waals surface area (Å²) >= 11 is 1.92. The number of unbranched alkanes of at least 4 members (excludes halogenated alkanes) is 4. The fourth-order valence-electron chi connectivity index (χ4n) is 3.79. The number of amides is 2. The zero-order chi connectivity index (χ0) is 20.1. The fraction of sp³-hybridized carbons (Fsp3) is 0.280. The molecule has 4 heteroatoms. The highest BCUT2D eigenvalue weighted by molar-refractivity contribution is 7.99. The van der Waals surface area contributed by atoms with Gasteiger partial charge in [0.2, 0.25) is 0 Å². The maximum Gasteiger partial charge on any atom is 0.261 e. The van der Waals surface area contributed by atoms with Crippen LogP contribution in [0.4, 0.5) is 0 Å². The Labute approximate surface area is 176 Å². The van der Waals surface area contributed by atoms with E-state index in [1.165, 1.54) is 33.4 Å². The highest BCUT2D eigenvalue weighted by Crippen LogP contribution is 2.25. The number of thioether (sulfide) groups is 1. The van der Waals surface area contributed by atoms with Crippen LogP contribution < -0.4 is 0 Å². The van der Waals surface area contributed by atoms with Crippen LogP contribution in [0.15, 0.2) is 71.6 Å². The second-order valence-electron chi connectivity index (χ2n) is 7.43. The minimum Gasteiger partial charge on any atom is -0.274 e. The van der Waals surface area contributed by atoms with Crippen molar-refractivity contribution in [1.82, 2.24) is 4.90 Å². The molecular weight excluding hydrogens is 378 g/mol. The molecule has 3 aromatic rings. The van der Waals surface area contributed by atoms with E-state index in [0.717, 1.165) is 25.0 Å². The Hall–Kier alpha value is -2.59. The predicted molar refractivity (Wildman–Crippen MR) is 120 cm³/mol. The zero-order valence-corrected chi connectivity index (χ0v) is 17.3. The number of imide groups is 1. The summed E-state index contributed by atoms with van der Waals surface area (Å²) in [5, 5.41) is 2.58. The molecule has 0 N–H and O–H groups in total. The van der Waals surface area contributed by atoms with Crippen molar-refractivity contribution in [3.8, 4) is 0 Å². The van der Waals surface area contributed by atoms with E-state index in [-0.39, 0.29) is 11.8 Å². The molecule has 148 valence electrons. The Morgan fingerprint density at radius 3 is 2.03 bits per heavy atom. The SMILES string of the molecule is O=C1c2ccccc2C(=O)N1CCCCCCCSc1ccc2ccccc2c1. The van der Waals surface area contributed by atoms with Gasteiger partial charge >= 0.3 is 0 Å². The monoisotopic (exact) mass is 403 g/mol. The average molecular weight is 404 g/mol. The molecule has 0 spiro atoms. The normalized spacial score (nSPS) is 13.3. The lowest BCUT2D eigenvalue weighted by molar-refractivity contribution is 0.0651. The third-order valence-corrected chi connectivity index (χ3v) is 6.47. The van der Waals surface area contributed by atoms with Gasteiger partial charge in [0.15, 0.2) is 0 Å². The molecule has 0 aliphatic carbocycles. The predicted octanol–water partition coefficient (Wildman–Crippen LogP) is 6.18. The van der Waals surface area contributed by atoms with E-state index in [4.69, 9.17) is 0 Å². The highest BCUT2D eigenvalue weighted by Gasteiger charge is 2.34. The van der Waals surface area contributed by atoms with E-state index in [9.17, 15) is 9.59 Å². The van der Waals surface area contributed by atoms with Crippen molar-refractivity contribution < 1.29 is 9.59 Å². The van der Waals surface area contributed by atoms with Crippen LogP contribution in [0.2, 0.25) is 0 Å². The minimum atomic E-state index is -0.141. The van der Waals surface area contributed by atoms with Crippen molar-refractivity contribution in [3.63, 3.8) is 0 Å². The lowest BCUT2D eigenvalue weighted by Crippen LogP contribution is -2.30. The summed E-state index contributed by atoms with van der Waals surface area (Å²) in [6, 6.07) is 22.2. The molecule has 29 heavy (non-hydrogen) atoms. The molecule has 0 saturated carbocycles. The highest BCUT2D eigenvalue weighted by atomic mass is 32.2. The van der Waals surface area contributed by atoms with Crippen molar-refractivity contribution in [2.75, 3.05) is 12.3 Å². The summed E-state index contributed by atoms with van der Waals surface area (Å²) in [5.41, 5.74) is 1.09. The van der Waals surface area contributed by atoms with Gasteiger partial charge in [0.1, 0.15) is 0 Å². The van der Waals surface area contributed by atoms with Gasteiger partial charge in [0, 0.05) is 11.4 Å². The van der Waals surface area contributed by atoms with E-state index in [1.54, 1.807) is 12.1 Å². The Balaban J connectivity index is 1.12. The van der Waals surface area contributed by atoms with Crippen molar-refractivity contribution in [3.05, 3.63) is 77.9 Å². The molecule has 1 aliphatic heterocycles. The third-order valence-electron chi connectivity index (χ3n) is 5.39. The number of carbonyl (C=O) groups excluding carboxylic acids is 2. The van der Waals surface area contributed by atoms with Gasteiger partial charge in [-0.25, -0.2) is 0 Å². The second-order valence-corrected chi connectivity index (χ2v) is 8.60. The molecule has 1 aliphatic rings. The first kappa shape index (κ1) is 19.7. The molecule has 0 fully saturated rings. The number of hydrogen-bond acceptors (Lipinski definition) is 3. The van der Waals surface area contributed by atoms with Gasteiger partial charge in [-0.2, -0.15) is 0 Å². The Morgan fingerprint density at radius 2 is 1.28 bits per heavy atom. The van der Waals surface area contributed by atoms with Crippen molar-refractivity contribution in [2.45, 2.75) is 37.0 Å². The summed E-state index contributed by atoms with van der Waals surface area (Å²) < 4.78 is 0. The standard InChI is InChI=1S/C25H25NO2S/c27-24-22-12-6-7-13-23(22)25(28)26(24)16-8-2-1-3-9-17-29-21-15-14-19-10-4-5-11-20(19)18-21/h4-7,10-15,18H,1-3,8-9,16-17H2. The second kappa shape index (κ2) is 9.27. The van der Waals surface area contributed by atoms with E-state index < -0.39 is 0 Å². The fourth-order valence-corrected chi connectivity index (χ4v) is 4.75. The summed E-state index contributed by atoms with van der Waals surface area (Å²) in [6.45, 7) is 0.526. The molecule has 0 atom stereocenters. The first-order valence-corrected chi connectivity index (χ1v) is 11.3. The summed E-state index contributed by atoms with van der Waals surface area (Å²) in [6.07, 6.45) is 5.44. The summed E-state index contributed by atoms with van der Waals surface area (Å²) in [4.78, 5) is 27.4. The quantitative estimate of drug-likeness (QED) is 0.243. The molecule has 4 rings (SSSR count).